The minimum absolute atomic E-state index is 0.542. The van der Waals surface area contributed by atoms with Crippen molar-refractivity contribution >= 4 is 0 Å². The van der Waals surface area contributed by atoms with Gasteiger partial charge in [0.25, 0.3) is 0 Å². The van der Waals surface area contributed by atoms with Crippen molar-refractivity contribution in [2.45, 2.75) is 0 Å². The second kappa shape index (κ2) is 10.9. The molecule has 0 unspecified atom stereocenters. The third-order valence-electron chi connectivity index (χ3n) is 7.41. The standard InChI is InChI=1S/C37H23N5O2/c1-3-7-26(8-4-1)35-40-36(27-9-5-2-6-10-27)42-37(41-35)28-11-12-31-32(21-28)44-34-23-30(25-15-19-39-20-16-25)29(22-33(34)43-31)24-13-17-38-18-14-24/h1-23H. The minimum atomic E-state index is 0.542. The summed E-state index contributed by atoms with van der Waals surface area (Å²) in [6.45, 7) is 0. The van der Waals surface area contributed by atoms with E-state index in [2.05, 4.69) is 9.97 Å². The van der Waals surface area contributed by atoms with Crippen molar-refractivity contribution < 1.29 is 9.47 Å². The zero-order chi connectivity index (χ0) is 29.3. The van der Waals surface area contributed by atoms with Crippen LogP contribution in [0.3, 0.4) is 0 Å². The van der Waals surface area contributed by atoms with Crippen molar-refractivity contribution in [3.8, 4) is 79.4 Å². The van der Waals surface area contributed by atoms with Crippen LogP contribution in [0.4, 0.5) is 0 Å². The van der Waals surface area contributed by atoms with Crippen LogP contribution in [-0.2, 0) is 0 Å². The lowest BCUT2D eigenvalue weighted by Gasteiger charge is -2.23. The number of rotatable bonds is 5. The third kappa shape index (κ3) is 4.82. The molecule has 1 aliphatic heterocycles. The molecule has 0 spiro atoms. The highest BCUT2D eigenvalue weighted by molar-refractivity contribution is 5.86. The molecule has 7 aromatic rings. The number of pyridine rings is 2. The number of benzene rings is 4. The van der Waals surface area contributed by atoms with Crippen LogP contribution >= 0.6 is 0 Å². The molecule has 0 amide bonds. The summed E-state index contributed by atoms with van der Waals surface area (Å²) in [7, 11) is 0. The van der Waals surface area contributed by atoms with E-state index in [9.17, 15) is 0 Å². The fraction of sp³-hybridized carbons (Fsp3) is 0. The Bertz CT molecular complexity index is 2050. The predicted octanol–water partition coefficient (Wildman–Crippen LogP) is 8.89. The van der Waals surface area contributed by atoms with Crippen LogP contribution in [-0.4, -0.2) is 24.9 Å². The van der Waals surface area contributed by atoms with Gasteiger partial charge in [0.15, 0.2) is 40.5 Å². The number of ether oxygens (including phenoxy) is 2. The van der Waals surface area contributed by atoms with Crippen LogP contribution < -0.4 is 9.47 Å². The topological polar surface area (TPSA) is 82.9 Å². The van der Waals surface area contributed by atoms with Crippen LogP contribution in [0.25, 0.3) is 56.4 Å². The van der Waals surface area contributed by atoms with Gasteiger partial charge in [-0.25, -0.2) is 15.0 Å². The molecule has 7 heteroatoms. The monoisotopic (exact) mass is 569 g/mol. The molecular weight excluding hydrogens is 546 g/mol. The second-order valence-corrected chi connectivity index (χ2v) is 10.2. The van der Waals surface area contributed by atoms with Crippen molar-refractivity contribution in [3.05, 3.63) is 140 Å². The Hall–Kier alpha value is -6.21. The molecule has 0 fully saturated rings. The van der Waals surface area contributed by atoms with Gasteiger partial charge in [0, 0.05) is 41.5 Å². The molecule has 0 saturated carbocycles. The summed E-state index contributed by atoms with van der Waals surface area (Å²) < 4.78 is 12.9. The second-order valence-electron chi connectivity index (χ2n) is 10.2. The number of hydrogen-bond acceptors (Lipinski definition) is 7. The quantitative estimate of drug-likeness (QED) is 0.205. The third-order valence-corrected chi connectivity index (χ3v) is 7.41. The molecule has 0 saturated heterocycles. The minimum Gasteiger partial charge on any atom is -0.449 e. The molecule has 1 aliphatic rings. The first-order valence-electron chi connectivity index (χ1n) is 14.1. The first kappa shape index (κ1) is 25.5. The fourth-order valence-electron chi connectivity index (χ4n) is 5.25. The largest absolute Gasteiger partial charge is 0.449 e. The Labute approximate surface area is 253 Å². The molecule has 4 heterocycles. The van der Waals surface area contributed by atoms with Gasteiger partial charge in [0.05, 0.1) is 0 Å². The molecule has 3 aromatic heterocycles. The number of nitrogens with zero attached hydrogens (tertiary/aromatic N) is 5. The maximum atomic E-state index is 6.50. The van der Waals surface area contributed by atoms with Crippen LogP contribution in [0, 0.1) is 0 Å². The molecule has 208 valence electrons. The predicted molar refractivity (Wildman–Crippen MR) is 169 cm³/mol. The van der Waals surface area contributed by atoms with E-state index in [0.29, 0.717) is 40.5 Å². The highest BCUT2D eigenvalue weighted by atomic mass is 16.6. The summed E-state index contributed by atoms with van der Waals surface area (Å²) in [5.74, 6) is 4.17. The highest BCUT2D eigenvalue weighted by Crippen LogP contribution is 2.50. The van der Waals surface area contributed by atoms with Gasteiger partial charge in [0.2, 0.25) is 0 Å². The molecule has 0 atom stereocenters. The lowest BCUT2D eigenvalue weighted by atomic mass is 9.94. The maximum absolute atomic E-state index is 6.50. The van der Waals surface area contributed by atoms with Gasteiger partial charge in [0.1, 0.15) is 0 Å². The lowest BCUT2D eigenvalue weighted by Crippen LogP contribution is -2.02. The Balaban J connectivity index is 1.22. The Kier molecular flexibility index (Phi) is 6.31. The van der Waals surface area contributed by atoms with Gasteiger partial charge in [-0.05, 0) is 76.9 Å². The Morgan fingerprint density at radius 1 is 0.341 bits per heavy atom. The van der Waals surface area contributed by atoms with Gasteiger partial charge < -0.3 is 9.47 Å². The first-order chi connectivity index (χ1) is 21.8. The van der Waals surface area contributed by atoms with Crippen molar-refractivity contribution in [3.63, 3.8) is 0 Å². The summed E-state index contributed by atoms with van der Waals surface area (Å²) in [6, 6.07) is 37.6. The van der Waals surface area contributed by atoms with E-state index in [1.807, 2.05) is 115 Å². The molecule has 0 bridgehead atoms. The van der Waals surface area contributed by atoms with E-state index in [1.54, 1.807) is 24.8 Å². The molecule has 0 N–H and O–H groups in total. The van der Waals surface area contributed by atoms with Gasteiger partial charge >= 0.3 is 0 Å². The van der Waals surface area contributed by atoms with Crippen LogP contribution in [0.1, 0.15) is 0 Å². The number of hydrogen-bond donors (Lipinski definition) is 0. The van der Waals surface area contributed by atoms with E-state index in [1.165, 1.54) is 0 Å². The average Bonchev–Trinajstić information content (AvgIpc) is 3.11. The Morgan fingerprint density at radius 3 is 1.27 bits per heavy atom. The summed E-state index contributed by atoms with van der Waals surface area (Å²) in [5, 5.41) is 0. The van der Waals surface area contributed by atoms with Crippen molar-refractivity contribution in [2.75, 3.05) is 0 Å². The normalized spacial score (nSPS) is 11.5. The summed E-state index contributed by atoms with van der Waals surface area (Å²) in [5.41, 5.74) is 6.66. The molecule has 0 aliphatic carbocycles. The molecule has 0 radical (unpaired) electrons. The van der Waals surface area contributed by atoms with E-state index >= 15 is 0 Å². The summed E-state index contributed by atoms with van der Waals surface area (Å²) in [4.78, 5) is 22.9. The average molecular weight is 570 g/mol. The van der Waals surface area contributed by atoms with Gasteiger partial charge in [-0.3, -0.25) is 9.97 Å². The van der Waals surface area contributed by atoms with Crippen molar-refractivity contribution in [1.29, 1.82) is 0 Å². The van der Waals surface area contributed by atoms with Gasteiger partial charge in [-0.15, -0.1) is 0 Å². The lowest BCUT2D eigenvalue weighted by molar-refractivity contribution is 0.360. The van der Waals surface area contributed by atoms with Crippen molar-refractivity contribution in [1.82, 2.24) is 24.9 Å². The van der Waals surface area contributed by atoms with E-state index < -0.39 is 0 Å². The molecular formula is C37H23N5O2. The van der Waals surface area contributed by atoms with E-state index in [4.69, 9.17) is 24.4 Å². The number of fused-ring (bicyclic) bond motifs is 2. The van der Waals surface area contributed by atoms with Gasteiger partial charge in [-0.1, -0.05) is 60.7 Å². The maximum Gasteiger partial charge on any atom is 0.170 e. The molecule has 8 rings (SSSR count). The van der Waals surface area contributed by atoms with Crippen LogP contribution in [0.5, 0.6) is 23.0 Å². The number of aromatic nitrogens is 5. The van der Waals surface area contributed by atoms with Crippen molar-refractivity contribution in [2.24, 2.45) is 0 Å². The molecule has 4 aromatic carbocycles. The van der Waals surface area contributed by atoms with Crippen LogP contribution in [0.15, 0.2) is 140 Å². The SMILES string of the molecule is c1ccc(-c2nc(-c3ccccc3)nc(-c3ccc4c(c3)Oc3cc(-c5ccncc5)c(-c5ccncc5)cc3O4)n2)cc1. The van der Waals surface area contributed by atoms with Gasteiger partial charge in [-0.2, -0.15) is 0 Å². The highest BCUT2D eigenvalue weighted by Gasteiger charge is 2.24. The van der Waals surface area contributed by atoms with E-state index in [0.717, 1.165) is 38.9 Å². The smallest absolute Gasteiger partial charge is 0.170 e. The summed E-state index contributed by atoms with van der Waals surface area (Å²) in [6.07, 6.45) is 7.14. The Morgan fingerprint density at radius 2 is 0.773 bits per heavy atom. The zero-order valence-electron chi connectivity index (χ0n) is 23.3. The first-order valence-corrected chi connectivity index (χ1v) is 14.1. The summed E-state index contributed by atoms with van der Waals surface area (Å²) >= 11 is 0. The van der Waals surface area contributed by atoms with Crippen LogP contribution in [0.2, 0.25) is 0 Å². The molecule has 7 nitrogen and oxygen atoms in total. The zero-order valence-corrected chi connectivity index (χ0v) is 23.3. The van der Waals surface area contributed by atoms with E-state index in [-0.39, 0.29) is 0 Å². The fourth-order valence-corrected chi connectivity index (χ4v) is 5.25. The molecule has 44 heavy (non-hydrogen) atoms.